The van der Waals surface area contributed by atoms with E-state index in [-0.39, 0.29) is 0 Å². The molecule has 4 atom stereocenters. The van der Waals surface area contributed by atoms with Crippen LogP contribution in [-0.2, 0) is 4.79 Å². The van der Waals surface area contributed by atoms with Gasteiger partial charge in [-0.25, -0.2) is 0 Å². The fourth-order valence-electron chi connectivity index (χ4n) is 2.97. The van der Waals surface area contributed by atoms with Gasteiger partial charge in [0, 0.05) is 12.5 Å². The van der Waals surface area contributed by atoms with Crippen molar-refractivity contribution in [1.82, 2.24) is 4.90 Å². The van der Waals surface area contributed by atoms with Crippen molar-refractivity contribution in [3.63, 3.8) is 0 Å². The van der Waals surface area contributed by atoms with Crippen LogP contribution in [0.5, 0.6) is 0 Å². The third-order valence-electron chi connectivity index (χ3n) is 3.85. The second kappa shape index (κ2) is 3.66. The molecule has 4 unspecified atom stereocenters. The second-order valence-electron chi connectivity index (χ2n) is 5.45. The molecule has 2 heteroatoms. The Hall–Kier alpha value is -0.790. The summed E-state index contributed by atoms with van der Waals surface area (Å²) in [5.41, 5.74) is 0. The molecule has 0 radical (unpaired) electrons. The molecule has 2 rings (SSSR count). The predicted octanol–water partition coefficient (Wildman–Crippen LogP) is 2.45. The van der Waals surface area contributed by atoms with E-state index in [0.29, 0.717) is 30.3 Å². The Kier molecular flexibility index (Phi) is 2.61. The topological polar surface area (TPSA) is 20.3 Å². The number of likely N-dealkylation sites (tertiary alicyclic amines) is 1. The molecule has 1 saturated heterocycles. The number of carbonyl (C=O) groups is 1. The Morgan fingerprint density at radius 1 is 1.60 bits per heavy atom. The maximum atomic E-state index is 12.1. The van der Waals surface area contributed by atoms with Gasteiger partial charge in [-0.1, -0.05) is 26.8 Å². The minimum Gasteiger partial charge on any atom is -0.333 e. The van der Waals surface area contributed by atoms with Gasteiger partial charge in [0.05, 0.1) is 6.04 Å². The number of carbonyl (C=O) groups excluding carboxylic acids is 1. The SMILES string of the molecule is C=CC1CC2C(C)C2N1C(=O)CC(C)C. The lowest BCUT2D eigenvalue weighted by Gasteiger charge is -2.27. The summed E-state index contributed by atoms with van der Waals surface area (Å²) in [5, 5.41) is 0. The van der Waals surface area contributed by atoms with Crippen molar-refractivity contribution in [2.45, 2.75) is 45.7 Å². The van der Waals surface area contributed by atoms with Crippen molar-refractivity contribution in [1.29, 1.82) is 0 Å². The van der Waals surface area contributed by atoms with Crippen molar-refractivity contribution >= 4 is 5.91 Å². The van der Waals surface area contributed by atoms with E-state index in [2.05, 4.69) is 32.3 Å². The molecule has 0 aromatic rings. The molecule has 2 nitrogen and oxygen atoms in total. The van der Waals surface area contributed by atoms with E-state index in [1.54, 1.807) is 0 Å². The maximum Gasteiger partial charge on any atom is 0.223 e. The number of amides is 1. The van der Waals surface area contributed by atoms with Crippen molar-refractivity contribution in [3.05, 3.63) is 12.7 Å². The molecular weight excluding hydrogens is 186 g/mol. The summed E-state index contributed by atoms with van der Waals surface area (Å²) in [6.07, 6.45) is 3.76. The van der Waals surface area contributed by atoms with Gasteiger partial charge in [-0.2, -0.15) is 0 Å². The fraction of sp³-hybridized carbons (Fsp3) is 0.769. The first-order valence-electron chi connectivity index (χ1n) is 6.00. The van der Waals surface area contributed by atoms with Crippen molar-refractivity contribution in [2.75, 3.05) is 0 Å². The maximum absolute atomic E-state index is 12.1. The van der Waals surface area contributed by atoms with Crippen LogP contribution in [-0.4, -0.2) is 22.9 Å². The lowest BCUT2D eigenvalue weighted by Crippen LogP contribution is -2.38. The van der Waals surface area contributed by atoms with Crippen LogP contribution in [0.3, 0.4) is 0 Å². The first-order valence-corrected chi connectivity index (χ1v) is 6.00. The molecule has 0 N–H and O–H groups in total. The first kappa shape index (κ1) is 10.7. The molecule has 1 saturated carbocycles. The van der Waals surface area contributed by atoms with Gasteiger partial charge in [0.15, 0.2) is 0 Å². The molecule has 15 heavy (non-hydrogen) atoms. The van der Waals surface area contributed by atoms with Crippen LogP contribution in [0.15, 0.2) is 12.7 Å². The molecule has 1 heterocycles. The van der Waals surface area contributed by atoms with Crippen LogP contribution in [0.4, 0.5) is 0 Å². The van der Waals surface area contributed by atoms with Crippen LogP contribution in [0, 0.1) is 17.8 Å². The standard InChI is InChI=1S/C13H21NO/c1-5-10-7-11-9(4)13(11)14(10)12(15)6-8(2)3/h5,8-11,13H,1,6-7H2,2-4H3. The Morgan fingerprint density at radius 2 is 2.27 bits per heavy atom. The summed E-state index contributed by atoms with van der Waals surface area (Å²) in [4.78, 5) is 14.2. The summed E-state index contributed by atoms with van der Waals surface area (Å²) in [5.74, 6) is 2.25. The molecule has 2 fully saturated rings. The lowest BCUT2D eigenvalue weighted by atomic mass is 10.1. The highest BCUT2D eigenvalue weighted by Crippen LogP contribution is 2.53. The minimum atomic E-state index is 0.308. The van der Waals surface area contributed by atoms with E-state index in [1.165, 1.54) is 0 Å². The number of rotatable bonds is 3. The van der Waals surface area contributed by atoms with E-state index in [9.17, 15) is 4.79 Å². The third kappa shape index (κ3) is 1.70. The van der Waals surface area contributed by atoms with Crippen LogP contribution >= 0.6 is 0 Å². The summed E-state index contributed by atoms with van der Waals surface area (Å²) in [7, 11) is 0. The molecule has 1 amide bonds. The van der Waals surface area contributed by atoms with Gasteiger partial charge >= 0.3 is 0 Å². The molecule has 2 aliphatic rings. The summed E-state index contributed by atoms with van der Waals surface area (Å²) < 4.78 is 0. The van der Waals surface area contributed by atoms with Crippen LogP contribution < -0.4 is 0 Å². The van der Waals surface area contributed by atoms with Gasteiger partial charge in [-0.05, 0) is 24.2 Å². The van der Waals surface area contributed by atoms with E-state index in [0.717, 1.165) is 18.3 Å². The zero-order valence-electron chi connectivity index (χ0n) is 9.94. The number of hydrogen-bond donors (Lipinski definition) is 0. The van der Waals surface area contributed by atoms with E-state index >= 15 is 0 Å². The van der Waals surface area contributed by atoms with Gasteiger partial charge in [0.1, 0.15) is 0 Å². The molecule has 0 aromatic carbocycles. The number of piperidine rings is 1. The molecule has 0 spiro atoms. The first-order chi connectivity index (χ1) is 7.06. The van der Waals surface area contributed by atoms with Crippen molar-refractivity contribution in [2.24, 2.45) is 17.8 Å². The average Bonchev–Trinajstić information content (AvgIpc) is 2.64. The van der Waals surface area contributed by atoms with E-state index in [4.69, 9.17) is 0 Å². The Morgan fingerprint density at radius 3 is 2.80 bits per heavy atom. The summed E-state index contributed by atoms with van der Waals surface area (Å²) >= 11 is 0. The highest BCUT2D eigenvalue weighted by atomic mass is 16.2. The lowest BCUT2D eigenvalue weighted by molar-refractivity contribution is -0.133. The fourth-order valence-corrected chi connectivity index (χ4v) is 2.97. The smallest absolute Gasteiger partial charge is 0.223 e. The molecule has 84 valence electrons. The van der Waals surface area contributed by atoms with E-state index in [1.807, 2.05) is 6.08 Å². The van der Waals surface area contributed by atoms with Crippen molar-refractivity contribution in [3.8, 4) is 0 Å². The van der Waals surface area contributed by atoms with Gasteiger partial charge in [-0.15, -0.1) is 6.58 Å². The minimum absolute atomic E-state index is 0.308. The normalized spacial score (nSPS) is 38.0. The predicted molar refractivity (Wildman–Crippen MR) is 61.3 cm³/mol. The largest absolute Gasteiger partial charge is 0.333 e. The summed E-state index contributed by atoms with van der Waals surface area (Å²) in [6.45, 7) is 10.3. The summed E-state index contributed by atoms with van der Waals surface area (Å²) in [6, 6.07) is 0.835. The monoisotopic (exact) mass is 207 g/mol. The van der Waals surface area contributed by atoms with Gasteiger partial charge in [0.25, 0.3) is 0 Å². The molecule has 1 aliphatic carbocycles. The van der Waals surface area contributed by atoms with Crippen molar-refractivity contribution < 1.29 is 4.79 Å². The average molecular weight is 207 g/mol. The quantitative estimate of drug-likeness (QED) is 0.651. The van der Waals surface area contributed by atoms with E-state index < -0.39 is 0 Å². The van der Waals surface area contributed by atoms with Gasteiger partial charge < -0.3 is 4.90 Å². The zero-order valence-corrected chi connectivity index (χ0v) is 9.94. The Bertz CT molecular complexity index is 284. The van der Waals surface area contributed by atoms with Crippen LogP contribution in [0.25, 0.3) is 0 Å². The highest BCUT2D eigenvalue weighted by molar-refractivity contribution is 5.78. The Labute approximate surface area is 92.3 Å². The number of fused-ring (bicyclic) bond motifs is 1. The molecule has 1 aliphatic heterocycles. The van der Waals surface area contributed by atoms with Gasteiger partial charge in [0.2, 0.25) is 5.91 Å². The number of nitrogens with zero attached hydrogens (tertiary/aromatic N) is 1. The molecule has 0 bridgehead atoms. The van der Waals surface area contributed by atoms with Crippen LogP contribution in [0.1, 0.15) is 33.6 Å². The third-order valence-corrected chi connectivity index (χ3v) is 3.85. The molecular formula is C13H21NO. The molecule has 0 aromatic heterocycles. The van der Waals surface area contributed by atoms with Crippen LogP contribution in [0.2, 0.25) is 0 Å². The number of hydrogen-bond acceptors (Lipinski definition) is 1. The van der Waals surface area contributed by atoms with Gasteiger partial charge in [-0.3, -0.25) is 4.79 Å². The second-order valence-corrected chi connectivity index (χ2v) is 5.45. The highest BCUT2D eigenvalue weighted by Gasteiger charge is 2.58. The zero-order chi connectivity index (χ0) is 11.2. The Balaban J connectivity index is 2.05.